The lowest BCUT2D eigenvalue weighted by Crippen LogP contribution is -2.33. The van der Waals surface area contributed by atoms with Crippen molar-refractivity contribution in [2.24, 2.45) is 0 Å². The normalized spacial score (nSPS) is 11.6. The summed E-state index contributed by atoms with van der Waals surface area (Å²) in [7, 11) is 0. The molecule has 0 bridgehead atoms. The Kier molecular flexibility index (Phi) is 7.08. The second kappa shape index (κ2) is 9.74. The molecule has 0 radical (unpaired) electrons. The second-order valence-corrected chi connectivity index (χ2v) is 7.66. The van der Waals surface area contributed by atoms with Crippen LogP contribution < -0.4 is 5.32 Å². The predicted molar refractivity (Wildman–Crippen MR) is 120 cm³/mol. The first-order valence-corrected chi connectivity index (χ1v) is 10.1. The van der Waals surface area contributed by atoms with Gasteiger partial charge in [-0.3, -0.25) is 9.59 Å². The van der Waals surface area contributed by atoms with E-state index in [1.165, 1.54) is 19.2 Å². The van der Waals surface area contributed by atoms with Crippen LogP contribution in [0.1, 0.15) is 41.4 Å². The van der Waals surface area contributed by atoms with Gasteiger partial charge in [-0.05, 0) is 36.2 Å². The molecule has 0 aliphatic carbocycles. The zero-order chi connectivity index (χ0) is 21.7. The Morgan fingerprint density at radius 2 is 1.80 bits per heavy atom. The SMILES string of the molecule is CC(=O)Nc1cccc([C@@H](C)N(Cc2ccccc2)C(=O)c2cnc(Cl)c(Cl)c2)c1. The summed E-state index contributed by atoms with van der Waals surface area (Å²) < 4.78 is 0. The molecular formula is C23H21Cl2N3O2. The van der Waals surface area contributed by atoms with E-state index in [0.29, 0.717) is 17.8 Å². The van der Waals surface area contributed by atoms with Gasteiger partial charge in [0.2, 0.25) is 5.91 Å². The fraction of sp³-hybridized carbons (Fsp3) is 0.174. The van der Waals surface area contributed by atoms with Crippen molar-refractivity contribution in [1.82, 2.24) is 9.88 Å². The van der Waals surface area contributed by atoms with Gasteiger partial charge in [0.05, 0.1) is 16.6 Å². The van der Waals surface area contributed by atoms with Crippen molar-refractivity contribution in [3.8, 4) is 0 Å². The highest BCUT2D eigenvalue weighted by molar-refractivity contribution is 6.41. The van der Waals surface area contributed by atoms with Crippen LogP contribution in [0.15, 0.2) is 66.9 Å². The van der Waals surface area contributed by atoms with Crippen LogP contribution in [0, 0.1) is 0 Å². The van der Waals surface area contributed by atoms with E-state index < -0.39 is 0 Å². The molecule has 1 atom stereocenters. The summed E-state index contributed by atoms with van der Waals surface area (Å²) >= 11 is 12.0. The lowest BCUT2D eigenvalue weighted by molar-refractivity contribution is -0.114. The van der Waals surface area contributed by atoms with E-state index in [9.17, 15) is 9.59 Å². The minimum absolute atomic E-state index is 0.152. The van der Waals surface area contributed by atoms with Gasteiger partial charge in [-0.15, -0.1) is 0 Å². The van der Waals surface area contributed by atoms with Gasteiger partial charge in [0, 0.05) is 25.4 Å². The van der Waals surface area contributed by atoms with Crippen LogP contribution in [0.2, 0.25) is 10.2 Å². The largest absolute Gasteiger partial charge is 0.328 e. The summed E-state index contributed by atoms with van der Waals surface area (Å²) in [5.74, 6) is -0.374. The first-order chi connectivity index (χ1) is 14.3. The Balaban J connectivity index is 1.97. The number of hydrogen-bond acceptors (Lipinski definition) is 3. The zero-order valence-electron chi connectivity index (χ0n) is 16.6. The molecule has 0 saturated carbocycles. The van der Waals surface area contributed by atoms with E-state index in [4.69, 9.17) is 23.2 Å². The number of pyridine rings is 1. The molecule has 0 spiro atoms. The third-order valence-corrected chi connectivity index (χ3v) is 5.34. The summed E-state index contributed by atoms with van der Waals surface area (Å²) in [4.78, 5) is 30.6. The molecule has 0 aliphatic heterocycles. The molecule has 3 aromatic rings. The van der Waals surface area contributed by atoms with Gasteiger partial charge in [0.1, 0.15) is 5.15 Å². The van der Waals surface area contributed by atoms with Gasteiger partial charge >= 0.3 is 0 Å². The van der Waals surface area contributed by atoms with Crippen LogP contribution in [0.5, 0.6) is 0 Å². The minimum atomic E-state index is -0.277. The van der Waals surface area contributed by atoms with E-state index >= 15 is 0 Å². The van der Waals surface area contributed by atoms with Crippen molar-refractivity contribution >= 4 is 40.7 Å². The van der Waals surface area contributed by atoms with E-state index in [2.05, 4.69) is 10.3 Å². The molecular weight excluding hydrogens is 421 g/mol. The third-order valence-electron chi connectivity index (χ3n) is 4.66. The van der Waals surface area contributed by atoms with Crippen LogP contribution in [-0.2, 0) is 11.3 Å². The van der Waals surface area contributed by atoms with Crippen molar-refractivity contribution < 1.29 is 9.59 Å². The lowest BCUT2D eigenvalue weighted by Gasteiger charge is -2.30. The highest BCUT2D eigenvalue weighted by atomic mass is 35.5. The molecule has 0 unspecified atom stereocenters. The van der Waals surface area contributed by atoms with Crippen LogP contribution in [-0.4, -0.2) is 21.7 Å². The Bertz CT molecular complexity index is 1060. The van der Waals surface area contributed by atoms with Gasteiger partial charge in [-0.2, -0.15) is 0 Å². The number of rotatable bonds is 6. The minimum Gasteiger partial charge on any atom is -0.328 e. The smallest absolute Gasteiger partial charge is 0.256 e. The lowest BCUT2D eigenvalue weighted by atomic mass is 10.0. The Morgan fingerprint density at radius 3 is 2.47 bits per heavy atom. The summed E-state index contributed by atoms with van der Waals surface area (Å²) in [5, 5.41) is 3.16. The molecule has 5 nitrogen and oxygen atoms in total. The van der Waals surface area contributed by atoms with E-state index in [-0.39, 0.29) is 28.0 Å². The average molecular weight is 442 g/mol. The number of nitrogens with zero attached hydrogens (tertiary/aromatic N) is 2. The summed E-state index contributed by atoms with van der Waals surface area (Å²) in [6.45, 7) is 3.79. The molecule has 1 heterocycles. The maximum absolute atomic E-state index is 13.4. The van der Waals surface area contributed by atoms with E-state index in [0.717, 1.165) is 11.1 Å². The van der Waals surface area contributed by atoms with Gasteiger partial charge < -0.3 is 10.2 Å². The van der Waals surface area contributed by atoms with Gasteiger partial charge in [0.25, 0.3) is 5.91 Å². The standard InChI is InChI=1S/C23H21Cl2N3O2/c1-15(18-9-6-10-20(11-18)27-16(2)29)28(14-17-7-4-3-5-8-17)23(30)19-12-21(24)22(25)26-13-19/h3-13,15H,14H2,1-2H3,(H,27,29)/t15-/m1/s1. The number of benzene rings is 2. The number of carbonyl (C=O) groups excluding carboxylic acids is 2. The van der Waals surface area contributed by atoms with Crippen molar-refractivity contribution in [3.63, 3.8) is 0 Å². The van der Waals surface area contributed by atoms with E-state index in [1.54, 1.807) is 4.90 Å². The molecule has 0 fully saturated rings. The topological polar surface area (TPSA) is 62.3 Å². The molecule has 3 rings (SSSR count). The number of carbonyl (C=O) groups is 2. The summed E-state index contributed by atoms with van der Waals surface area (Å²) in [6, 6.07) is 18.4. The maximum atomic E-state index is 13.4. The number of hydrogen-bond donors (Lipinski definition) is 1. The summed E-state index contributed by atoms with van der Waals surface area (Å²) in [6.07, 6.45) is 1.43. The van der Waals surface area contributed by atoms with Gasteiger partial charge in [0.15, 0.2) is 0 Å². The highest BCUT2D eigenvalue weighted by Crippen LogP contribution is 2.28. The zero-order valence-corrected chi connectivity index (χ0v) is 18.1. The summed E-state index contributed by atoms with van der Waals surface area (Å²) in [5.41, 5.74) is 2.91. The molecule has 0 aliphatic rings. The van der Waals surface area contributed by atoms with Gasteiger partial charge in [-0.25, -0.2) is 4.98 Å². The van der Waals surface area contributed by atoms with Crippen LogP contribution >= 0.6 is 23.2 Å². The van der Waals surface area contributed by atoms with Crippen molar-refractivity contribution in [2.75, 3.05) is 5.32 Å². The average Bonchev–Trinajstić information content (AvgIpc) is 2.73. The maximum Gasteiger partial charge on any atom is 0.256 e. The molecule has 1 aromatic heterocycles. The Morgan fingerprint density at radius 1 is 1.07 bits per heavy atom. The molecule has 7 heteroatoms. The number of anilines is 1. The molecule has 2 aromatic carbocycles. The number of nitrogens with one attached hydrogen (secondary N) is 1. The second-order valence-electron chi connectivity index (χ2n) is 6.90. The number of aromatic nitrogens is 1. The van der Waals surface area contributed by atoms with Crippen molar-refractivity contribution in [2.45, 2.75) is 26.4 Å². The third kappa shape index (κ3) is 5.38. The van der Waals surface area contributed by atoms with E-state index in [1.807, 2.05) is 61.5 Å². The van der Waals surface area contributed by atoms with Crippen LogP contribution in [0.3, 0.4) is 0 Å². The fourth-order valence-corrected chi connectivity index (χ4v) is 3.40. The van der Waals surface area contributed by atoms with Crippen molar-refractivity contribution in [3.05, 3.63) is 93.7 Å². The Hall–Kier alpha value is -2.89. The molecule has 2 amide bonds. The van der Waals surface area contributed by atoms with Crippen LogP contribution in [0.4, 0.5) is 5.69 Å². The fourth-order valence-electron chi connectivity index (χ4n) is 3.13. The van der Waals surface area contributed by atoms with Crippen LogP contribution in [0.25, 0.3) is 0 Å². The highest BCUT2D eigenvalue weighted by Gasteiger charge is 2.24. The number of halogens is 2. The first-order valence-electron chi connectivity index (χ1n) is 9.38. The molecule has 1 N–H and O–H groups in total. The first kappa shape index (κ1) is 21.8. The Labute approximate surface area is 185 Å². The number of amides is 2. The van der Waals surface area contributed by atoms with Gasteiger partial charge in [-0.1, -0.05) is 65.7 Å². The van der Waals surface area contributed by atoms with Crippen molar-refractivity contribution in [1.29, 1.82) is 0 Å². The molecule has 154 valence electrons. The monoisotopic (exact) mass is 441 g/mol. The predicted octanol–water partition coefficient (Wildman–Crippen LogP) is 5.75. The quantitative estimate of drug-likeness (QED) is 0.495. The molecule has 30 heavy (non-hydrogen) atoms. The molecule has 0 saturated heterocycles.